The van der Waals surface area contributed by atoms with E-state index in [0.717, 1.165) is 12.1 Å². The standard InChI is InChI=1S/C24H18F5N5O3/c1-12-16(23(36)30-10-14-4-3-5-19(22(14)26)37-24(27,28)29)8-15(9-17(12)25)18-6-7-21-32-20(31-13(2)35)11-34(21)33-18/h3-9,11H,10H2,1-2H3,(H,30,36)(H,31,35). The molecule has 2 aromatic carbocycles. The summed E-state index contributed by atoms with van der Waals surface area (Å²) in [5, 5.41) is 9.25. The van der Waals surface area contributed by atoms with Gasteiger partial charge in [0.05, 0.1) is 11.9 Å². The molecule has 2 amide bonds. The van der Waals surface area contributed by atoms with E-state index in [0.29, 0.717) is 5.65 Å². The summed E-state index contributed by atoms with van der Waals surface area (Å²) in [5.41, 5.74) is 0.618. The molecule has 0 saturated carbocycles. The molecule has 0 atom stereocenters. The number of carbonyl (C=O) groups is 2. The van der Waals surface area contributed by atoms with E-state index in [9.17, 15) is 31.5 Å². The number of imidazole rings is 1. The van der Waals surface area contributed by atoms with Crippen LogP contribution in [0.4, 0.5) is 27.8 Å². The molecule has 2 aromatic heterocycles. The average molecular weight is 519 g/mol. The molecule has 0 bridgehead atoms. The molecule has 4 aromatic rings. The van der Waals surface area contributed by atoms with Crippen molar-refractivity contribution in [2.24, 2.45) is 0 Å². The third-order valence-corrected chi connectivity index (χ3v) is 5.22. The van der Waals surface area contributed by atoms with Gasteiger partial charge in [-0.1, -0.05) is 12.1 Å². The fourth-order valence-corrected chi connectivity index (χ4v) is 3.51. The van der Waals surface area contributed by atoms with Crippen molar-refractivity contribution < 1.29 is 36.3 Å². The van der Waals surface area contributed by atoms with E-state index in [-0.39, 0.29) is 39.7 Å². The smallest absolute Gasteiger partial charge is 0.403 e. The van der Waals surface area contributed by atoms with Gasteiger partial charge < -0.3 is 15.4 Å². The lowest BCUT2D eigenvalue weighted by Crippen LogP contribution is -2.25. The highest BCUT2D eigenvalue weighted by atomic mass is 19.4. The first-order valence-corrected chi connectivity index (χ1v) is 10.7. The SMILES string of the molecule is CC(=O)Nc1cn2nc(-c3cc(F)c(C)c(C(=O)NCc4cccc(OC(F)(F)F)c4F)c3)ccc2n1. The second kappa shape index (κ2) is 9.84. The summed E-state index contributed by atoms with van der Waals surface area (Å²) in [6, 6.07) is 8.84. The van der Waals surface area contributed by atoms with Crippen molar-refractivity contribution in [3.8, 4) is 17.0 Å². The van der Waals surface area contributed by atoms with Crippen LogP contribution in [0, 0.1) is 18.6 Å². The fraction of sp³-hybridized carbons (Fsp3) is 0.167. The molecule has 13 heteroatoms. The fourth-order valence-electron chi connectivity index (χ4n) is 3.51. The molecule has 0 aliphatic rings. The van der Waals surface area contributed by atoms with E-state index in [4.69, 9.17) is 0 Å². The predicted molar refractivity (Wildman–Crippen MR) is 122 cm³/mol. The van der Waals surface area contributed by atoms with Gasteiger partial charge in [0.1, 0.15) is 5.82 Å². The largest absolute Gasteiger partial charge is 0.573 e. The number of hydrogen-bond donors (Lipinski definition) is 2. The summed E-state index contributed by atoms with van der Waals surface area (Å²) in [7, 11) is 0. The van der Waals surface area contributed by atoms with Gasteiger partial charge in [0.15, 0.2) is 23.0 Å². The normalized spacial score (nSPS) is 11.4. The number of alkyl halides is 3. The number of ether oxygens (including phenoxy) is 1. The van der Waals surface area contributed by atoms with Crippen LogP contribution in [-0.2, 0) is 11.3 Å². The van der Waals surface area contributed by atoms with Gasteiger partial charge in [-0.05, 0) is 42.8 Å². The highest BCUT2D eigenvalue weighted by Gasteiger charge is 2.32. The summed E-state index contributed by atoms with van der Waals surface area (Å²) in [5.74, 6) is -3.86. The zero-order valence-corrected chi connectivity index (χ0v) is 19.3. The van der Waals surface area contributed by atoms with Crippen molar-refractivity contribution in [2.75, 3.05) is 5.32 Å². The van der Waals surface area contributed by atoms with Gasteiger partial charge in [0, 0.05) is 30.2 Å². The minimum atomic E-state index is -5.09. The average Bonchev–Trinajstić information content (AvgIpc) is 3.21. The van der Waals surface area contributed by atoms with E-state index in [2.05, 4.69) is 25.5 Å². The van der Waals surface area contributed by atoms with Gasteiger partial charge in [-0.3, -0.25) is 9.59 Å². The highest BCUT2D eigenvalue weighted by molar-refractivity contribution is 5.97. The lowest BCUT2D eigenvalue weighted by molar-refractivity contribution is -0.275. The number of halogens is 5. The highest BCUT2D eigenvalue weighted by Crippen LogP contribution is 2.28. The molecule has 4 rings (SSSR count). The van der Waals surface area contributed by atoms with Crippen LogP contribution in [0.2, 0.25) is 0 Å². The van der Waals surface area contributed by atoms with Crippen LogP contribution in [-0.4, -0.2) is 32.8 Å². The molecule has 0 unspecified atom stereocenters. The molecule has 192 valence electrons. The van der Waals surface area contributed by atoms with Crippen LogP contribution in [0.1, 0.15) is 28.4 Å². The maximum atomic E-state index is 14.7. The first-order chi connectivity index (χ1) is 17.4. The number of hydrogen-bond acceptors (Lipinski definition) is 5. The van der Waals surface area contributed by atoms with Gasteiger partial charge in [-0.15, -0.1) is 13.2 Å². The number of nitrogens with one attached hydrogen (secondary N) is 2. The Balaban J connectivity index is 1.58. The van der Waals surface area contributed by atoms with Crippen molar-refractivity contribution in [3.05, 3.63) is 77.0 Å². The Morgan fingerprint density at radius 2 is 1.86 bits per heavy atom. The number of anilines is 1. The number of fused-ring (bicyclic) bond motifs is 1. The number of nitrogens with zero attached hydrogens (tertiary/aromatic N) is 3. The summed E-state index contributed by atoms with van der Waals surface area (Å²) >= 11 is 0. The number of benzene rings is 2. The molecule has 0 aliphatic heterocycles. The number of amides is 2. The Bertz CT molecular complexity index is 1520. The van der Waals surface area contributed by atoms with Crippen LogP contribution in [0.3, 0.4) is 0 Å². The van der Waals surface area contributed by atoms with Gasteiger partial charge in [0.2, 0.25) is 5.91 Å². The summed E-state index contributed by atoms with van der Waals surface area (Å²) in [6.07, 6.45) is -3.62. The van der Waals surface area contributed by atoms with Crippen molar-refractivity contribution in [2.45, 2.75) is 26.8 Å². The zero-order valence-electron chi connectivity index (χ0n) is 19.3. The third-order valence-electron chi connectivity index (χ3n) is 5.22. The quantitative estimate of drug-likeness (QED) is 0.358. The lowest BCUT2D eigenvalue weighted by atomic mass is 10.0. The van der Waals surface area contributed by atoms with Crippen molar-refractivity contribution >= 4 is 23.3 Å². The van der Waals surface area contributed by atoms with E-state index in [1.165, 1.54) is 42.8 Å². The molecule has 0 saturated heterocycles. The molecule has 0 spiro atoms. The minimum absolute atomic E-state index is 0.00697. The van der Waals surface area contributed by atoms with Crippen LogP contribution in [0.5, 0.6) is 5.75 Å². The van der Waals surface area contributed by atoms with Crippen LogP contribution in [0.15, 0.2) is 48.7 Å². The number of carbonyl (C=O) groups excluding carboxylic acids is 2. The monoisotopic (exact) mass is 519 g/mol. The Kier molecular flexibility index (Phi) is 6.79. The molecule has 2 N–H and O–H groups in total. The summed E-state index contributed by atoms with van der Waals surface area (Å²) < 4.78 is 71.5. The first-order valence-electron chi connectivity index (χ1n) is 10.7. The van der Waals surface area contributed by atoms with E-state index in [1.807, 2.05) is 0 Å². The predicted octanol–water partition coefficient (Wildman–Crippen LogP) is 4.77. The Labute approximate surface area is 206 Å². The molecule has 2 heterocycles. The van der Waals surface area contributed by atoms with Gasteiger partial charge >= 0.3 is 6.36 Å². The molecule has 8 nitrogen and oxygen atoms in total. The zero-order chi connectivity index (χ0) is 26.9. The first kappa shape index (κ1) is 25.5. The Hall–Kier alpha value is -4.55. The van der Waals surface area contributed by atoms with Crippen LogP contribution >= 0.6 is 0 Å². The molecular weight excluding hydrogens is 501 g/mol. The third kappa shape index (κ3) is 5.82. The van der Waals surface area contributed by atoms with E-state index in [1.54, 1.807) is 12.1 Å². The lowest BCUT2D eigenvalue weighted by Gasteiger charge is -2.13. The van der Waals surface area contributed by atoms with Crippen molar-refractivity contribution in [1.82, 2.24) is 19.9 Å². The second-order valence-corrected chi connectivity index (χ2v) is 7.92. The van der Waals surface area contributed by atoms with Crippen molar-refractivity contribution in [1.29, 1.82) is 0 Å². The second-order valence-electron chi connectivity index (χ2n) is 7.92. The van der Waals surface area contributed by atoms with Crippen LogP contribution < -0.4 is 15.4 Å². The van der Waals surface area contributed by atoms with Crippen molar-refractivity contribution in [3.63, 3.8) is 0 Å². The molecule has 0 fully saturated rings. The Morgan fingerprint density at radius 1 is 1.11 bits per heavy atom. The summed E-state index contributed by atoms with van der Waals surface area (Å²) in [4.78, 5) is 28.3. The Morgan fingerprint density at radius 3 is 2.57 bits per heavy atom. The summed E-state index contributed by atoms with van der Waals surface area (Å²) in [6.45, 7) is 2.22. The number of aromatic nitrogens is 3. The molecule has 37 heavy (non-hydrogen) atoms. The van der Waals surface area contributed by atoms with Gasteiger partial charge in [-0.25, -0.2) is 18.3 Å². The topological polar surface area (TPSA) is 97.6 Å². The van der Waals surface area contributed by atoms with E-state index >= 15 is 0 Å². The van der Waals surface area contributed by atoms with E-state index < -0.39 is 36.2 Å². The van der Waals surface area contributed by atoms with Gasteiger partial charge in [0.25, 0.3) is 5.91 Å². The maximum absolute atomic E-state index is 14.7. The van der Waals surface area contributed by atoms with Crippen LogP contribution in [0.25, 0.3) is 16.9 Å². The minimum Gasteiger partial charge on any atom is -0.403 e. The molecule has 0 radical (unpaired) electrons. The maximum Gasteiger partial charge on any atom is 0.573 e. The number of rotatable bonds is 6. The molecule has 0 aliphatic carbocycles. The molecular formula is C24H18F5N5O3. The van der Waals surface area contributed by atoms with Gasteiger partial charge in [-0.2, -0.15) is 5.10 Å².